The maximum Gasteiger partial charge on any atom is 0.329 e. The molecule has 2 unspecified atom stereocenters. The zero-order chi connectivity index (χ0) is 15.3. The molecule has 0 aromatic carbocycles. The largest absolute Gasteiger partial charge is 0.480 e. The Labute approximate surface area is 120 Å². The second-order valence-electron chi connectivity index (χ2n) is 5.38. The molecule has 2 amide bonds. The third-order valence-corrected chi connectivity index (χ3v) is 4.16. The second-order valence-corrected chi connectivity index (χ2v) is 5.38. The van der Waals surface area contributed by atoms with Gasteiger partial charge in [0.05, 0.1) is 18.8 Å². The summed E-state index contributed by atoms with van der Waals surface area (Å²) in [5.41, 5.74) is -1.18. The molecule has 1 heterocycles. The third kappa shape index (κ3) is 3.42. The summed E-state index contributed by atoms with van der Waals surface area (Å²) < 4.78 is 5.55. The van der Waals surface area contributed by atoms with Gasteiger partial charge in [0.15, 0.2) is 0 Å². The number of carboxylic acids is 1. The smallest absolute Gasteiger partial charge is 0.329 e. The van der Waals surface area contributed by atoms with Crippen molar-refractivity contribution in [3.8, 4) is 0 Å². The average Bonchev–Trinajstić information content (AvgIpc) is 2.44. The first-order chi connectivity index (χ1) is 9.40. The molecular formula is C14H26N2O4. The monoisotopic (exact) mass is 286 g/mol. The molecule has 0 bridgehead atoms. The van der Waals surface area contributed by atoms with Gasteiger partial charge in [-0.05, 0) is 26.2 Å². The molecular weight excluding hydrogens is 260 g/mol. The molecule has 116 valence electrons. The molecule has 0 aromatic heterocycles. The number of hydrogen-bond donors (Lipinski definition) is 2. The summed E-state index contributed by atoms with van der Waals surface area (Å²) >= 11 is 0. The van der Waals surface area contributed by atoms with Crippen LogP contribution in [0.1, 0.15) is 47.0 Å². The summed E-state index contributed by atoms with van der Waals surface area (Å²) in [5, 5.41) is 12.1. The van der Waals surface area contributed by atoms with Crippen LogP contribution in [0.15, 0.2) is 0 Å². The highest BCUT2D eigenvalue weighted by Crippen LogP contribution is 2.19. The fraction of sp³-hybridized carbons (Fsp3) is 0.857. The van der Waals surface area contributed by atoms with E-state index >= 15 is 0 Å². The lowest BCUT2D eigenvalue weighted by molar-refractivity contribution is -0.145. The number of ether oxygens (including phenoxy) is 1. The first kappa shape index (κ1) is 16.8. The highest BCUT2D eigenvalue weighted by Gasteiger charge is 2.39. The van der Waals surface area contributed by atoms with Crippen LogP contribution in [0, 0.1) is 0 Å². The van der Waals surface area contributed by atoms with E-state index in [1.807, 2.05) is 13.8 Å². The lowest BCUT2D eigenvalue weighted by Crippen LogP contribution is -2.61. The Morgan fingerprint density at radius 1 is 1.35 bits per heavy atom. The number of hydrogen-bond acceptors (Lipinski definition) is 3. The van der Waals surface area contributed by atoms with Gasteiger partial charge in [-0.1, -0.05) is 20.8 Å². The van der Waals surface area contributed by atoms with Crippen LogP contribution >= 0.6 is 0 Å². The second kappa shape index (κ2) is 6.92. The molecule has 20 heavy (non-hydrogen) atoms. The lowest BCUT2D eigenvalue weighted by Gasteiger charge is -2.40. The molecule has 0 aromatic rings. The van der Waals surface area contributed by atoms with Crippen molar-refractivity contribution < 1.29 is 19.4 Å². The van der Waals surface area contributed by atoms with E-state index in [0.717, 1.165) is 6.42 Å². The maximum absolute atomic E-state index is 12.4. The minimum absolute atomic E-state index is 0.00593. The fourth-order valence-corrected chi connectivity index (χ4v) is 2.49. The van der Waals surface area contributed by atoms with Crippen LogP contribution in [-0.4, -0.2) is 52.8 Å². The molecule has 1 fully saturated rings. The van der Waals surface area contributed by atoms with E-state index in [1.54, 1.807) is 18.7 Å². The van der Waals surface area contributed by atoms with Gasteiger partial charge in [-0.25, -0.2) is 9.59 Å². The highest BCUT2D eigenvalue weighted by atomic mass is 16.5. The van der Waals surface area contributed by atoms with Gasteiger partial charge in [-0.15, -0.1) is 0 Å². The first-order valence-electron chi connectivity index (χ1n) is 7.33. The van der Waals surface area contributed by atoms with Gasteiger partial charge < -0.3 is 20.1 Å². The van der Waals surface area contributed by atoms with Gasteiger partial charge in [0, 0.05) is 6.54 Å². The average molecular weight is 286 g/mol. The topological polar surface area (TPSA) is 78.9 Å². The minimum Gasteiger partial charge on any atom is -0.480 e. The van der Waals surface area contributed by atoms with Crippen LogP contribution < -0.4 is 5.32 Å². The van der Waals surface area contributed by atoms with Crippen molar-refractivity contribution >= 4 is 12.0 Å². The molecule has 2 atom stereocenters. The van der Waals surface area contributed by atoms with E-state index < -0.39 is 11.5 Å². The van der Waals surface area contributed by atoms with Crippen LogP contribution in [0.25, 0.3) is 0 Å². The number of morpholine rings is 1. The summed E-state index contributed by atoms with van der Waals surface area (Å²) in [7, 11) is 0. The highest BCUT2D eigenvalue weighted by molar-refractivity contribution is 5.86. The Bertz CT molecular complexity index is 355. The maximum atomic E-state index is 12.4. The molecule has 1 aliphatic rings. The van der Waals surface area contributed by atoms with Crippen molar-refractivity contribution in [1.82, 2.24) is 10.2 Å². The molecule has 0 spiro atoms. The molecule has 2 N–H and O–H groups in total. The number of rotatable bonds is 5. The van der Waals surface area contributed by atoms with Crippen LogP contribution in [0.5, 0.6) is 0 Å². The van der Waals surface area contributed by atoms with Crippen molar-refractivity contribution in [3.63, 3.8) is 0 Å². The molecule has 0 aliphatic carbocycles. The molecule has 1 rings (SSSR count). The van der Waals surface area contributed by atoms with E-state index in [-0.39, 0.29) is 18.2 Å². The van der Waals surface area contributed by atoms with Gasteiger partial charge in [-0.3, -0.25) is 0 Å². The molecule has 6 nitrogen and oxygen atoms in total. The standard InChI is InChI=1S/C14H26N2O4/c1-5-11-9-20-10(4)8-16(11)13(19)15-14(6-2,7-3)12(17)18/h10-11H,5-9H2,1-4H3,(H,15,19)(H,17,18). The van der Waals surface area contributed by atoms with Crippen LogP contribution in [0.2, 0.25) is 0 Å². The molecule has 0 radical (unpaired) electrons. The Morgan fingerprint density at radius 3 is 2.40 bits per heavy atom. The number of carbonyl (C=O) groups is 2. The lowest BCUT2D eigenvalue weighted by atomic mass is 9.93. The number of nitrogens with one attached hydrogen (secondary N) is 1. The summed E-state index contributed by atoms with van der Waals surface area (Å²) in [5.74, 6) is -0.981. The van der Waals surface area contributed by atoms with Crippen molar-refractivity contribution in [1.29, 1.82) is 0 Å². The van der Waals surface area contributed by atoms with Crippen LogP contribution in [0.3, 0.4) is 0 Å². The minimum atomic E-state index is -1.18. The Kier molecular flexibility index (Phi) is 5.80. The van der Waals surface area contributed by atoms with Crippen molar-refractivity contribution in [2.24, 2.45) is 0 Å². The van der Waals surface area contributed by atoms with Crippen molar-refractivity contribution in [3.05, 3.63) is 0 Å². The van der Waals surface area contributed by atoms with Gasteiger partial charge in [0.25, 0.3) is 0 Å². The quantitative estimate of drug-likeness (QED) is 0.808. The van der Waals surface area contributed by atoms with E-state index in [4.69, 9.17) is 4.74 Å². The summed E-state index contributed by atoms with van der Waals surface area (Å²) in [6.07, 6.45) is 1.49. The Morgan fingerprint density at radius 2 is 1.95 bits per heavy atom. The normalized spacial score (nSPS) is 23.5. The number of nitrogens with zero attached hydrogens (tertiary/aromatic N) is 1. The van der Waals surface area contributed by atoms with Gasteiger partial charge >= 0.3 is 12.0 Å². The van der Waals surface area contributed by atoms with Crippen LogP contribution in [-0.2, 0) is 9.53 Å². The predicted octanol–water partition coefficient (Wildman–Crippen LogP) is 1.84. The zero-order valence-corrected chi connectivity index (χ0v) is 12.8. The SMILES string of the molecule is CCC1COC(C)CN1C(=O)NC(CC)(CC)C(=O)O. The van der Waals surface area contributed by atoms with Crippen molar-refractivity contribution in [2.45, 2.75) is 64.6 Å². The predicted molar refractivity (Wildman–Crippen MR) is 75.7 cm³/mol. The van der Waals surface area contributed by atoms with E-state index in [0.29, 0.717) is 26.0 Å². The molecule has 1 aliphatic heterocycles. The summed E-state index contributed by atoms with van der Waals surface area (Å²) in [6.45, 7) is 8.45. The Balaban J connectivity index is 2.84. The van der Waals surface area contributed by atoms with E-state index in [1.165, 1.54) is 0 Å². The Hall–Kier alpha value is -1.30. The van der Waals surface area contributed by atoms with E-state index in [9.17, 15) is 14.7 Å². The fourth-order valence-electron chi connectivity index (χ4n) is 2.49. The molecule has 0 saturated carbocycles. The van der Waals surface area contributed by atoms with Gasteiger partial charge in [-0.2, -0.15) is 0 Å². The molecule has 1 saturated heterocycles. The summed E-state index contributed by atoms with van der Waals surface area (Å²) in [4.78, 5) is 25.6. The number of urea groups is 1. The number of aliphatic carboxylic acids is 1. The number of carboxylic acid groups (broad SMARTS) is 1. The summed E-state index contributed by atoms with van der Waals surface area (Å²) in [6, 6.07) is -0.301. The molecule has 6 heteroatoms. The third-order valence-electron chi connectivity index (χ3n) is 4.16. The van der Waals surface area contributed by atoms with E-state index in [2.05, 4.69) is 5.32 Å². The first-order valence-corrected chi connectivity index (χ1v) is 7.33. The number of amides is 2. The van der Waals surface area contributed by atoms with Gasteiger partial charge in [0.1, 0.15) is 5.54 Å². The van der Waals surface area contributed by atoms with Crippen molar-refractivity contribution in [2.75, 3.05) is 13.2 Å². The number of carbonyl (C=O) groups excluding carboxylic acids is 1. The zero-order valence-electron chi connectivity index (χ0n) is 12.8. The van der Waals surface area contributed by atoms with Crippen LogP contribution in [0.4, 0.5) is 4.79 Å². The van der Waals surface area contributed by atoms with Gasteiger partial charge in [0.2, 0.25) is 0 Å².